The monoisotopic (exact) mass is 346 g/mol. The van der Waals surface area contributed by atoms with Gasteiger partial charge in [-0.1, -0.05) is 44.2 Å². The Kier molecular flexibility index (Phi) is 6.49. The van der Waals surface area contributed by atoms with Crippen molar-refractivity contribution in [1.82, 2.24) is 10.3 Å². The molecule has 5 nitrogen and oxygen atoms in total. The lowest BCUT2D eigenvalue weighted by atomic mass is 10.0. The number of hydrogen-bond acceptors (Lipinski definition) is 4. The molecule has 0 saturated carbocycles. The summed E-state index contributed by atoms with van der Waals surface area (Å²) in [6.07, 6.45) is 1.25. The van der Waals surface area contributed by atoms with Gasteiger partial charge in [-0.2, -0.15) is 0 Å². The van der Waals surface area contributed by atoms with E-state index in [4.69, 9.17) is 0 Å². The van der Waals surface area contributed by atoms with E-state index >= 15 is 0 Å². The van der Waals surface area contributed by atoms with Crippen LogP contribution in [0.4, 0.5) is 0 Å². The summed E-state index contributed by atoms with van der Waals surface area (Å²) >= 11 is 1.51. The fraction of sp³-hybridized carbons (Fsp3) is 0.389. The van der Waals surface area contributed by atoms with Crippen molar-refractivity contribution >= 4 is 23.2 Å². The van der Waals surface area contributed by atoms with Crippen LogP contribution < -0.4 is 5.32 Å². The zero-order valence-electron chi connectivity index (χ0n) is 13.9. The van der Waals surface area contributed by atoms with Gasteiger partial charge in [0, 0.05) is 11.8 Å². The van der Waals surface area contributed by atoms with Crippen LogP contribution in [0.3, 0.4) is 0 Å². The average Bonchev–Trinajstić information content (AvgIpc) is 2.94. The van der Waals surface area contributed by atoms with E-state index in [0.29, 0.717) is 12.1 Å². The average molecular weight is 346 g/mol. The Morgan fingerprint density at radius 1 is 1.25 bits per heavy atom. The Labute approximate surface area is 145 Å². The number of hydrogen-bond donors (Lipinski definition) is 2. The molecule has 0 aliphatic carbocycles. The van der Waals surface area contributed by atoms with Gasteiger partial charge in [0.1, 0.15) is 6.04 Å². The molecule has 2 aromatic rings. The molecule has 1 aromatic carbocycles. The molecule has 24 heavy (non-hydrogen) atoms. The van der Waals surface area contributed by atoms with Crippen molar-refractivity contribution in [2.45, 2.75) is 39.2 Å². The fourth-order valence-corrected chi connectivity index (χ4v) is 3.21. The number of benzene rings is 1. The van der Waals surface area contributed by atoms with Gasteiger partial charge in [0.15, 0.2) is 0 Å². The van der Waals surface area contributed by atoms with Crippen LogP contribution in [0.15, 0.2) is 35.7 Å². The second-order valence-corrected chi connectivity index (χ2v) is 7.10. The number of carboxylic acid groups (broad SMARTS) is 1. The van der Waals surface area contributed by atoms with Gasteiger partial charge in [0.05, 0.1) is 17.1 Å². The molecule has 2 rings (SSSR count). The first-order valence-corrected chi connectivity index (χ1v) is 8.81. The molecule has 0 aliphatic heterocycles. The van der Waals surface area contributed by atoms with Crippen LogP contribution >= 0.6 is 11.3 Å². The van der Waals surface area contributed by atoms with E-state index in [2.05, 4.69) is 10.3 Å². The van der Waals surface area contributed by atoms with Crippen LogP contribution in [0.2, 0.25) is 0 Å². The number of thiazole rings is 1. The SMILES string of the molecule is CC(C)C[C@@H](NC(=O)Cc1csc(Cc2ccccc2)n1)C(=O)O. The van der Waals surface area contributed by atoms with Gasteiger partial charge in [-0.15, -0.1) is 11.3 Å². The van der Waals surface area contributed by atoms with Crippen molar-refractivity contribution in [3.05, 3.63) is 52.0 Å². The molecule has 0 bridgehead atoms. The van der Waals surface area contributed by atoms with Gasteiger partial charge in [-0.05, 0) is 17.9 Å². The molecule has 0 fully saturated rings. The maximum Gasteiger partial charge on any atom is 0.326 e. The van der Waals surface area contributed by atoms with Crippen LogP contribution in [-0.4, -0.2) is 28.0 Å². The molecule has 1 amide bonds. The van der Waals surface area contributed by atoms with E-state index in [1.54, 1.807) is 0 Å². The van der Waals surface area contributed by atoms with Crippen LogP contribution in [0.1, 0.15) is 36.5 Å². The second-order valence-electron chi connectivity index (χ2n) is 6.16. The highest BCUT2D eigenvalue weighted by Crippen LogP contribution is 2.15. The Balaban J connectivity index is 1.91. The molecule has 1 aromatic heterocycles. The van der Waals surface area contributed by atoms with Crippen molar-refractivity contribution in [2.75, 3.05) is 0 Å². The molecule has 0 spiro atoms. The van der Waals surface area contributed by atoms with Crippen molar-refractivity contribution in [3.63, 3.8) is 0 Å². The minimum atomic E-state index is -1.000. The summed E-state index contributed by atoms with van der Waals surface area (Å²) in [7, 11) is 0. The zero-order valence-corrected chi connectivity index (χ0v) is 14.7. The molecule has 0 unspecified atom stereocenters. The summed E-state index contributed by atoms with van der Waals surface area (Å²) in [4.78, 5) is 27.7. The van der Waals surface area contributed by atoms with E-state index in [1.807, 2.05) is 49.6 Å². The largest absolute Gasteiger partial charge is 0.480 e. The van der Waals surface area contributed by atoms with Crippen LogP contribution in [0.25, 0.3) is 0 Å². The summed E-state index contributed by atoms with van der Waals surface area (Å²) in [6, 6.07) is 9.17. The minimum Gasteiger partial charge on any atom is -0.480 e. The smallest absolute Gasteiger partial charge is 0.326 e. The van der Waals surface area contributed by atoms with Gasteiger partial charge in [0.25, 0.3) is 0 Å². The number of nitrogens with one attached hydrogen (secondary N) is 1. The number of carbonyl (C=O) groups excluding carboxylic acids is 1. The van der Waals surface area contributed by atoms with Crippen molar-refractivity contribution in [1.29, 1.82) is 0 Å². The molecule has 1 heterocycles. The highest BCUT2D eigenvalue weighted by molar-refractivity contribution is 7.09. The first-order valence-electron chi connectivity index (χ1n) is 7.93. The summed E-state index contributed by atoms with van der Waals surface area (Å²) in [6.45, 7) is 3.86. The highest BCUT2D eigenvalue weighted by atomic mass is 32.1. The number of aromatic nitrogens is 1. The number of carboxylic acids is 1. The van der Waals surface area contributed by atoms with E-state index in [-0.39, 0.29) is 18.2 Å². The summed E-state index contributed by atoms with van der Waals surface area (Å²) in [5, 5.41) is 14.6. The Morgan fingerprint density at radius 2 is 1.96 bits per heavy atom. The van der Waals surface area contributed by atoms with E-state index < -0.39 is 12.0 Å². The van der Waals surface area contributed by atoms with Gasteiger partial charge in [0.2, 0.25) is 5.91 Å². The molecular weight excluding hydrogens is 324 g/mol. The van der Waals surface area contributed by atoms with Gasteiger partial charge < -0.3 is 10.4 Å². The molecule has 0 aliphatic rings. The highest BCUT2D eigenvalue weighted by Gasteiger charge is 2.21. The van der Waals surface area contributed by atoms with E-state index in [1.165, 1.54) is 16.9 Å². The topological polar surface area (TPSA) is 79.3 Å². The lowest BCUT2D eigenvalue weighted by Crippen LogP contribution is -2.42. The lowest BCUT2D eigenvalue weighted by Gasteiger charge is -2.16. The molecular formula is C18H22N2O3S. The van der Waals surface area contributed by atoms with Gasteiger partial charge >= 0.3 is 5.97 Å². The Bertz CT molecular complexity index is 683. The van der Waals surface area contributed by atoms with Crippen LogP contribution in [-0.2, 0) is 22.4 Å². The van der Waals surface area contributed by atoms with E-state index in [0.717, 1.165) is 11.4 Å². The number of aliphatic carboxylic acids is 1. The molecule has 0 radical (unpaired) electrons. The minimum absolute atomic E-state index is 0.104. The Morgan fingerprint density at radius 3 is 2.58 bits per heavy atom. The lowest BCUT2D eigenvalue weighted by molar-refractivity contribution is -0.142. The predicted octanol–water partition coefficient (Wildman–Crippen LogP) is 2.89. The maximum absolute atomic E-state index is 12.1. The van der Waals surface area contributed by atoms with Crippen molar-refractivity contribution < 1.29 is 14.7 Å². The molecule has 2 N–H and O–H groups in total. The third kappa shape index (κ3) is 5.77. The van der Waals surface area contributed by atoms with Crippen LogP contribution in [0.5, 0.6) is 0 Å². The van der Waals surface area contributed by atoms with Gasteiger partial charge in [-0.3, -0.25) is 4.79 Å². The quantitative estimate of drug-likeness (QED) is 0.770. The standard InChI is InChI=1S/C18H22N2O3S/c1-12(2)8-15(18(22)23)20-16(21)10-14-11-24-17(19-14)9-13-6-4-3-5-7-13/h3-7,11-12,15H,8-10H2,1-2H3,(H,20,21)(H,22,23)/t15-/m1/s1. The van der Waals surface area contributed by atoms with Crippen molar-refractivity contribution in [2.24, 2.45) is 5.92 Å². The van der Waals surface area contributed by atoms with Gasteiger partial charge in [-0.25, -0.2) is 9.78 Å². The maximum atomic E-state index is 12.1. The summed E-state index contributed by atoms with van der Waals surface area (Å²) in [5.41, 5.74) is 1.85. The van der Waals surface area contributed by atoms with Crippen molar-refractivity contribution in [3.8, 4) is 0 Å². The molecule has 1 atom stereocenters. The Hall–Kier alpha value is -2.21. The number of carbonyl (C=O) groups is 2. The number of rotatable bonds is 8. The third-order valence-corrected chi connectivity index (χ3v) is 4.38. The normalized spacial score (nSPS) is 12.1. The number of nitrogens with zero attached hydrogens (tertiary/aromatic N) is 1. The summed E-state index contributed by atoms with van der Waals surface area (Å²) < 4.78 is 0. The predicted molar refractivity (Wildman–Crippen MR) is 94.1 cm³/mol. The molecule has 128 valence electrons. The number of amides is 1. The summed E-state index contributed by atoms with van der Waals surface area (Å²) in [5.74, 6) is -1.11. The molecule has 6 heteroatoms. The first-order chi connectivity index (χ1) is 11.4. The van der Waals surface area contributed by atoms with Crippen LogP contribution in [0, 0.1) is 5.92 Å². The first kappa shape index (κ1) is 18.1. The molecule has 0 saturated heterocycles. The van der Waals surface area contributed by atoms with E-state index in [9.17, 15) is 14.7 Å². The third-order valence-electron chi connectivity index (χ3n) is 3.48. The zero-order chi connectivity index (χ0) is 17.5. The second kappa shape index (κ2) is 8.59. The fourth-order valence-electron chi connectivity index (χ4n) is 2.38.